The second-order valence-electron chi connectivity index (χ2n) is 4.46. The Labute approximate surface area is 205 Å². The van der Waals surface area contributed by atoms with E-state index in [9.17, 15) is 29.7 Å². The van der Waals surface area contributed by atoms with E-state index in [2.05, 4.69) is 0 Å². The molecule has 0 spiro atoms. The molecule has 15 nitrogen and oxygen atoms in total. The monoisotopic (exact) mass is 498 g/mol. The molecule has 0 saturated heterocycles. The Morgan fingerprint density at radius 3 is 0.500 bits per heavy atom. The predicted octanol–water partition coefficient (Wildman–Crippen LogP) is -10.1. The van der Waals surface area contributed by atoms with Gasteiger partial charge in [0.15, 0.2) is 0 Å². The molecule has 0 aromatic carbocycles. The van der Waals surface area contributed by atoms with Gasteiger partial charge in [0.1, 0.15) is 0 Å². The molecule has 0 aliphatic heterocycles. The van der Waals surface area contributed by atoms with Crippen LogP contribution in [-0.2, 0) is 28.8 Å². The molecule has 3 unspecified atom stereocenters. The minimum Gasteiger partial charge on any atom is -0.550 e. The van der Waals surface area contributed by atoms with E-state index in [1.165, 1.54) is 0 Å². The molecule has 0 heterocycles. The maximum absolute atomic E-state index is 9.34. The molecule has 180 valence electrons. The van der Waals surface area contributed by atoms with Gasteiger partial charge in [0.25, 0.3) is 0 Å². The number of carboxylic acids is 6. The third-order valence-electron chi connectivity index (χ3n) is 1.02. The Hall–Kier alpha value is -2.24. The van der Waals surface area contributed by atoms with Crippen LogP contribution in [0.3, 0.4) is 0 Å². The van der Waals surface area contributed by atoms with Crippen LogP contribution >= 0.6 is 0 Å². The van der Waals surface area contributed by atoms with Crippen molar-refractivity contribution in [2.75, 3.05) is 0 Å². The van der Waals surface area contributed by atoms with Gasteiger partial charge in [-0.15, -0.1) is 0 Å². The summed E-state index contributed by atoms with van der Waals surface area (Å²) in [6.45, 7) is 6.32. The van der Waals surface area contributed by atoms with Crippen LogP contribution in [0.4, 0.5) is 0 Å². The van der Waals surface area contributed by atoms with Gasteiger partial charge in [0, 0.05) is 17.9 Å². The van der Waals surface area contributed by atoms with Crippen molar-refractivity contribution < 1.29 is 74.7 Å². The predicted molar refractivity (Wildman–Crippen MR) is 93.6 cm³/mol. The average Bonchev–Trinajstić information content (AvgIpc) is 2.46. The average molecular weight is 498 g/mol. The van der Waals surface area contributed by atoms with Crippen molar-refractivity contribution in [2.45, 2.75) is 59.9 Å². The van der Waals surface area contributed by atoms with Gasteiger partial charge < -0.3 is 74.7 Å². The van der Waals surface area contributed by atoms with Gasteiger partial charge in [-0.3, -0.25) is 0 Å². The third kappa shape index (κ3) is 209. The summed E-state index contributed by atoms with van der Waals surface area (Å²) in [5.74, 6) is -7.56. The second kappa shape index (κ2) is 36.2. The number of carbonyl (C=O) groups is 6. The number of aliphatic hydroxyl groups excluding tert-OH is 3. The molecule has 0 bridgehead atoms. The van der Waals surface area contributed by atoms with Crippen molar-refractivity contribution >= 4 is 70.5 Å². The molecule has 0 fully saturated rings. The van der Waals surface area contributed by atoms with Crippen LogP contribution in [0.2, 0.25) is 0 Å². The Kier molecular flexibility index (Phi) is 58.7. The minimum atomic E-state index is -1.44. The van der Waals surface area contributed by atoms with E-state index in [0.29, 0.717) is 0 Å². The van der Waals surface area contributed by atoms with Crippen LogP contribution in [0, 0.1) is 0 Å². The molecule has 0 saturated carbocycles. The fraction of sp³-hybridized carbons (Fsp3) is 0.600. The van der Waals surface area contributed by atoms with E-state index < -0.39 is 54.1 Å². The van der Waals surface area contributed by atoms with Gasteiger partial charge in [-0.25, -0.2) is 0 Å². The van der Waals surface area contributed by atoms with Crippen molar-refractivity contribution in [2.24, 2.45) is 0 Å². The quantitative estimate of drug-likeness (QED) is 0.304. The zero-order valence-corrected chi connectivity index (χ0v) is 20.4. The number of aliphatic carboxylic acids is 6. The molecule has 32 heavy (non-hydrogen) atoms. The van der Waals surface area contributed by atoms with Gasteiger partial charge in [0.05, 0.1) is 36.2 Å². The van der Waals surface area contributed by atoms with Crippen LogP contribution in [0.15, 0.2) is 0 Å². The maximum atomic E-state index is 9.34. The third-order valence-corrected chi connectivity index (χ3v) is 1.02. The fourth-order valence-corrected chi connectivity index (χ4v) is 0. The normalized spacial score (nSPS) is 10.0. The van der Waals surface area contributed by atoms with Gasteiger partial charge >= 0.3 is 34.7 Å². The molecule has 0 rings (SSSR count). The van der Waals surface area contributed by atoms with E-state index >= 15 is 0 Å². The first-order chi connectivity index (χ1) is 13.1. The van der Waals surface area contributed by atoms with Crippen molar-refractivity contribution in [3.05, 3.63) is 0 Å². The minimum absolute atomic E-state index is 0. The number of hydrogen-bond donors (Lipinski definition) is 3. The smallest absolute Gasteiger partial charge is 0.550 e. The summed E-state index contributed by atoms with van der Waals surface area (Å²) in [4.78, 5) is 54.7. The summed E-state index contributed by atoms with van der Waals surface area (Å²) in [6, 6.07) is 0. The first-order valence-electron chi connectivity index (χ1n) is 7.32. The number of carbonyl (C=O) groups excluding carboxylic acids is 6. The molecular weight excluding hydrogens is 474 g/mol. The Bertz CT molecular complexity index is 422. The summed E-state index contributed by atoms with van der Waals surface area (Å²) in [5, 5.41) is 78.6. The molecule has 0 aromatic heterocycles. The van der Waals surface area contributed by atoms with Gasteiger partial charge in [-0.05, 0) is 41.5 Å². The Morgan fingerprint density at radius 1 is 0.469 bits per heavy atom. The topological polar surface area (TPSA) is 301 Å². The zero-order chi connectivity index (χ0) is 26.2. The summed E-state index contributed by atoms with van der Waals surface area (Å²) < 4.78 is 0. The molecule has 0 aromatic rings. The Balaban J connectivity index is -0.0000000359. The summed E-state index contributed by atoms with van der Waals surface area (Å²) in [6.07, 6.45) is -4.03. The summed E-state index contributed by atoms with van der Waals surface area (Å²) >= 11 is 0. The molecule has 3 N–H and O–H groups in total. The van der Waals surface area contributed by atoms with E-state index in [0.717, 1.165) is 41.5 Å². The fourth-order valence-electron chi connectivity index (χ4n) is 0. The summed E-state index contributed by atoms with van der Waals surface area (Å²) in [5.41, 5.74) is 0. The molecule has 17 heteroatoms. The van der Waals surface area contributed by atoms with E-state index in [1.54, 1.807) is 0 Å². The largest absolute Gasteiger partial charge is 3.00 e. The SMILES string of the molecule is CC(=O)[O-].CC(=O)[O-].CC(=O)[O-].CC(O)C(=O)[O-].CC(O)C(=O)[O-].CC(O)C(=O)[O-].[Al+3].[Al+3]. The van der Waals surface area contributed by atoms with Gasteiger partial charge in [0.2, 0.25) is 0 Å². The number of rotatable bonds is 3. The number of hydrogen-bond acceptors (Lipinski definition) is 15. The van der Waals surface area contributed by atoms with Crippen molar-refractivity contribution in [3.63, 3.8) is 0 Å². The van der Waals surface area contributed by atoms with E-state index in [4.69, 9.17) is 45.0 Å². The van der Waals surface area contributed by atoms with Gasteiger partial charge in [-0.1, -0.05) is 0 Å². The molecule has 0 aliphatic rings. The van der Waals surface area contributed by atoms with Crippen LogP contribution in [-0.4, -0.2) is 104 Å². The van der Waals surface area contributed by atoms with Crippen LogP contribution in [0.25, 0.3) is 0 Å². The molecule has 0 radical (unpaired) electrons. The van der Waals surface area contributed by atoms with Crippen LogP contribution in [0.1, 0.15) is 41.5 Å². The molecule has 3 atom stereocenters. The first-order valence-corrected chi connectivity index (χ1v) is 7.32. The Morgan fingerprint density at radius 2 is 0.500 bits per heavy atom. The van der Waals surface area contributed by atoms with Crippen molar-refractivity contribution in [3.8, 4) is 0 Å². The number of carboxylic acid groups (broad SMARTS) is 6. The molecule has 0 aliphatic carbocycles. The van der Waals surface area contributed by atoms with Crippen molar-refractivity contribution in [1.29, 1.82) is 0 Å². The first kappa shape index (κ1) is 52.0. The van der Waals surface area contributed by atoms with E-state index in [-0.39, 0.29) is 34.7 Å². The molecule has 0 amide bonds. The van der Waals surface area contributed by atoms with Crippen LogP contribution in [0.5, 0.6) is 0 Å². The van der Waals surface area contributed by atoms with Gasteiger partial charge in [-0.2, -0.15) is 0 Å². The van der Waals surface area contributed by atoms with Crippen LogP contribution < -0.4 is 30.6 Å². The number of aliphatic hydroxyl groups is 3. The standard InChI is InChI=1S/3C3H6O3.3C2H4O2.2Al/c3*1-2(4)3(5)6;3*1-2(3)4;;/h3*2,4H,1H3,(H,5,6);3*1H3,(H,3,4);;/q;;;;;;2*+3/p-6. The van der Waals surface area contributed by atoms with E-state index in [1.807, 2.05) is 0 Å². The maximum Gasteiger partial charge on any atom is 3.00 e. The van der Waals surface area contributed by atoms with Crippen molar-refractivity contribution in [1.82, 2.24) is 0 Å². The zero-order valence-electron chi connectivity index (χ0n) is 18.1. The molecular formula is C15H24Al2O15. The second-order valence-corrected chi connectivity index (χ2v) is 4.46. The summed E-state index contributed by atoms with van der Waals surface area (Å²) in [7, 11) is 0.